The van der Waals surface area contributed by atoms with Gasteiger partial charge < -0.3 is 15.1 Å². The molecule has 3 aromatic rings. The Kier molecular flexibility index (Phi) is 5.69. The fraction of sp³-hybridized carbons (Fsp3) is 0.318. The Morgan fingerprint density at radius 2 is 1.86 bits per heavy atom. The highest BCUT2D eigenvalue weighted by atomic mass is 32.2. The first kappa shape index (κ1) is 19.0. The number of carbonyl (C=O) groups is 1. The molecule has 0 bridgehead atoms. The Morgan fingerprint density at radius 3 is 2.57 bits per heavy atom. The molecule has 146 valence electrons. The molecular weight excluding hydrogens is 375 g/mol. The van der Waals surface area contributed by atoms with Gasteiger partial charge in [0, 0.05) is 34.7 Å². The number of rotatable bonds is 5. The number of piperidine rings is 1. The molecule has 0 unspecified atom stereocenters. The molecule has 28 heavy (non-hydrogen) atoms. The number of carbonyl (C=O) groups excluding carboxylic acids is 1. The number of likely N-dealkylation sites (tertiary alicyclic amines) is 1. The van der Waals surface area contributed by atoms with E-state index in [1.54, 1.807) is 23.9 Å². The molecule has 1 fully saturated rings. The van der Waals surface area contributed by atoms with Gasteiger partial charge in [-0.15, -0.1) is 11.8 Å². The van der Waals surface area contributed by atoms with Gasteiger partial charge in [-0.05, 0) is 55.6 Å². The molecule has 1 amide bonds. The van der Waals surface area contributed by atoms with Gasteiger partial charge in [0.1, 0.15) is 11.4 Å². The van der Waals surface area contributed by atoms with E-state index in [2.05, 4.69) is 0 Å². The lowest BCUT2D eigenvalue weighted by atomic mass is 9.97. The molecule has 0 saturated carbocycles. The van der Waals surface area contributed by atoms with E-state index in [-0.39, 0.29) is 11.7 Å². The summed E-state index contributed by atoms with van der Waals surface area (Å²) in [5.41, 5.74) is 7.39. The number of benzene rings is 2. The third-order valence-corrected chi connectivity index (χ3v) is 6.36. The first-order valence-electron chi connectivity index (χ1n) is 9.54. The first-order valence-corrected chi connectivity index (χ1v) is 10.5. The van der Waals surface area contributed by atoms with Gasteiger partial charge in [-0.1, -0.05) is 18.2 Å². The van der Waals surface area contributed by atoms with E-state index in [1.165, 1.54) is 12.1 Å². The Hall–Kier alpha value is -2.31. The minimum Gasteiger partial charge on any atom is -0.451 e. The number of nitrogens with two attached hydrogens (primary N) is 1. The lowest BCUT2D eigenvalue weighted by Gasteiger charge is -2.31. The highest BCUT2D eigenvalue weighted by Crippen LogP contribution is 2.33. The van der Waals surface area contributed by atoms with Gasteiger partial charge in [0.05, 0.1) is 0 Å². The molecule has 0 spiro atoms. The van der Waals surface area contributed by atoms with E-state index in [0.29, 0.717) is 37.1 Å². The number of amides is 1. The molecule has 0 radical (unpaired) electrons. The normalized spacial score (nSPS) is 15.3. The molecule has 0 atom stereocenters. The summed E-state index contributed by atoms with van der Waals surface area (Å²) in [6.07, 6.45) is 1.87. The first-order chi connectivity index (χ1) is 13.7. The Bertz CT molecular complexity index is 962. The molecule has 2 heterocycles. The van der Waals surface area contributed by atoms with Gasteiger partial charge in [-0.3, -0.25) is 4.79 Å². The van der Waals surface area contributed by atoms with Crippen molar-refractivity contribution in [3.63, 3.8) is 0 Å². The number of para-hydroxylation sites is 1. The monoisotopic (exact) mass is 398 g/mol. The van der Waals surface area contributed by atoms with Gasteiger partial charge in [0.15, 0.2) is 5.76 Å². The van der Waals surface area contributed by atoms with Crippen LogP contribution < -0.4 is 5.73 Å². The highest BCUT2D eigenvalue weighted by molar-refractivity contribution is 7.98. The summed E-state index contributed by atoms with van der Waals surface area (Å²) in [7, 11) is 0. The molecule has 2 N–H and O–H groups in total. The van der Waals surface area contributed by atoms with Crippen LogP contribution in [0.25, 0.3) is 11.0 Å². The number of furan rings is 1. The largest absolute Gasteiger partial charge is 0.451 e. The molecule has 0 aliphatic carbocycles. The molecule has 4 rings (SSSR count). The van der Waals surface area contributed by atoms with Crippen molar-refractivity contribution < 1.29 is 13.6 Å². The third kappa shape index (κ3) is 3.93. The second-order valence-corrected chi connectivity index (χ2v) is 8.17. The molecule has 1 aliphatic rings. The molecule has 1 aliphatic heterocycles. The molecule has 6 heteroatoms. The highest BCUT2D eigenvalue weighted by Gasteiger charge is 2.28. The second kappa shape index (κ2) is 8.37. The van der Waals surface area contributed by atoms with Crippen LogP contribution >= 0.6 is 11.8 Å². The smallest absolute Gasteiger partial charge is 0.289 e. The minimum atomic E-state index is -0.255. The van der Waals surface area contributed by atoms with Crippen molar-refractivity contribution in [1.82, 2.24) is 4.90 Å². The number of nitrogens with zero attached hydrogens (tertiary/aromatic N) is 1. The van der Waals surface area contributed by atoms with Crippen LogP contribution in [0.2, 0.25) is 0 Å². The fourth-order valence-electron chi connectivity index (χ4n) is 3.62. The average molecular weight is 399 g/mol. The van der Waals surface area contributed by atoms with Crippen LogP contribution in [0.5, 0.6) is 0 Å². The van der Waals surface area contributed by atoms with Crippen LogP contribution in [0.15, 0.2) is 57.8 Å². The zero-order valence-corrected chi connectivity index (χ0v) is 16.4. The predicted molar refractivity (Wildman–Crippen MR) is 110 cm³/mol. The van der Waals surface area contributed by atoms with E-state index in [0.717, 1.165) is 34.3 Å². The van der Waals surface area contributed by atoms with Crippen molar-refractivity contribution in [2.24, 2.45) is 11.7 Å². The van der Waals surface area contributed by atoms with E-state index in [1.807, 2.05) is 29.2 Å². The number of thioether (sulfide) groups is 1. The summed E-state index contributed by atoms with van der Waals surface area (Å²) in [5, 5.41) is 0.956. The van der Waals surface area contributed by atoms with Crippen LogP contribution in [0.3, 0.4) is 0 Å². The van der Waals surface area contributed by atoms with E-state index in [9.17, 15) is 9.18 Å². The number of fused-ring (bicyclic) bond motifs is 1. The van der Waals surface area contributed by atoms with Crippen LogP contribution in [0.4, 0.5) is 4.39 Å². The van der Waals surface area contributed by atoms with Gasteiger partial charge in [0.2, 0.25) is 0 Å². The van der Waals surface area contributed by atoms with Crippen molar-refractivity contribution >= 4 is 28.6 Å². The van der Waals surface area contributed by atoms with Crippen LogP contribution in [0, 0.1) is 11.7 Å². The van der Waals surface area contributed by atoms with Gasteiger partial charge in [-0.2, -0.15) is 0 Å². The van der Waals surface area contributed by atoms with E-state index >= 15 is 0 Å². The van der Waals surface area contributed by atoms with E-state index in [4.69, 9.17) is 10.2 Å². The summed E-state index contributed by atoms with van der Waals surface area (Å²) >= 11 is 1.57. The fourth-order valence-corrected chi connectivity index (χ4v) is 4.54. The standard InChI is InChI=1S/C22H23FN2O2S/c23-16-5-7-17(8-6-16)28-14-19-18-3-1-2-4-20(18)27-21(19)22(26)25-11-9-15(13-24)10-12-25/h1-8,15H,9-14,24H2. The number of halogens is 1. The summed E-state index contributed by atoms with van der Waals surface area (Å²) < 4.78 is 19.1. The number of hydrogen-bond acceptors (Lipinski definition) is 4. The lowest BCUT2D eigenvalue weighted by molar-refractivity contribution is 0.0662. The minimum absolute atomic E-state index is 0.0543. The zero-order valence-electron chi connectivity index (χ0n) is 15.6. The van der Waals surface area contributed by atoms with Gasteiger partial charge >= 0.3 is 0 Å². The Labute approximate surface area is 167 Å². The molecule has 1 aromatic heterocycles. The van der Waals surface area contributed by atoms with Crippen molar-refractivity contribution in [3.8, 4) is 0 Å². The van der Waals surface area contributed by atoms with Crippen molar-refractivity contribution in [3.05, 3.63) is 65.7 Å². The third-order valence-electron chi connectivity index (χ3n) is 5.32. The quantitative estimate of drug-likeness (QED) is 0.634. The molecule has 4 nitrogen and oxygen atoms in total. The maximum Gasteiger partial charge on any atom is 0.289 e. The summed E-state index contributed by atoms with van der Waals surface area (Å²) in [6, 6.07) is 14.1. The van der Waals surface area contributed by atoms with E-state index < -0.39 is 0 Å². The predicted octanol–water partition coefficient (Wildman–Crippen LogP) is 4.68. The zero-order chi connectivity index (χ0) is 19.5. The van der Waals surface area contributed by atoms with Gasteiger partial charge in [-0.25, -0.2) is 4.39 Å². The summed E-state index contributed by atoms with van der Waals surface area (Å²) in [6.45, 7) is 2.09. The number of hydrogen-bond donors (Lipinski definition) is 1. The van der Waals surface area contributed by atoms with Crippen molar-refractivity contribution in [2.45, 2.75) is 23.5 Å². The maximum absolute atomic E-state index is 13.2. The molecule has 2 aromatic carbocycles. The Balaban J connectivity index is 1.59. The Morgan fingerprint density at radius 1 is 1.14 bits per heavy atom. The second-order valence-electron chi connectivity index (χ2n) is 7.12. The maximum atomic E-state index is 13.2. The molecule has 1 saturated heterocycles. The van der Waals surface area contributed by atoms with Crippen molar-refractivity contribution in [2.75, 3.05) is 19.6 Å². The van der Waals surface area contributed by atoms with Gasteiger partial charge in [0.25, 0.3) is 5.91 Å². The van der Waals surface area contributed by atoms with Crippen molar-refractivity contribution in [1.29, 1.82) is 0 Å². The topological polar surface area (TPSA) is 59.5 Å². The van der Waals surface area contributed by atoms with Crippen LogP contribution in [0.1, 0.15) is 29.0 Å². The van der Waals surface area contributed by atoms with Crippen LogP contribution in [-0.2, 0) is 5.75 Å². The molecular formula is C22H23FN2O2S. The summed E-state index contributed by atoms with van der Waals surface area (Å²) in [4.78, 5) is 16.0. The average Bonchev–Trinajstić information content (AvgIpc) is 3.11. The van der Waals surface area contributed by atoms with Crippen LogP contribution in [-0.4, -0.2) is 30.4 Å². The summed E-state index contributed by atoms with van der Waals surface area (Å²) in [5.74, 6) is 1.19. The lowest BCUT2D eigenvalue weighted by Crippen LogP contribution is -2.40. The SMILES string of the molecule is NCC1CCN(C(=O)c2oc3ccccc3c2CSc2ccc(F)cc2)CC1.